The van der Waals surface area contributed by atoms with Gasteiger partial charge in [-0.1, -0.05) is 6.07 Å². The molecule has 3 rings (SSSR count). The summed E-state index contributed by atoms with van der Waals surface area (Å²) in [5, 5.41) is 8.86. The van der Waals surface area contributed by atoms with Gasteiger partial charge in [-0.05, 0) is 31.0 Å². The third-order valence-corrected chi connectivity index (χ3v) is 5.81. The quantitative estimate of drug-likeness (QED) is 0.836. The van der Waals surface area contributed by atoms with Gasteiger partial charge >= 0.3 is 0 Å². The molecule has 112 valence electrons. The van der Waals surface area contributed by atoms with Gasteiger partial charge in [-0.3, -0.25) is 4.90 Å². The number of fused-ring (bicyclic) bond motifs is 2. The predicted molar refractivity (Wildman–Crippen MR) is 77.5 cm³/mol. The predicted octanol–water partition coefficient (Wildman–Crippen LogP) is 1.20. The first-order valence-electron chi connectivity index (χ1n) is 7.17. The molecule has 0 aromatic heterocycles. The first-order chi connectivity index (χ1) is 10.1. The van der Waals surface area contributed by atoms with Gasteiger partial charge in [0.1, 0.15) is 0 Å². The van der Waals surface area contributed by atoms with Crippen LogP contribution in [-0.2, 0) is 14.6 Å². The molecule has 2 heterocycles. The maximum Gasteiger partial charge on any atom is 0.179 e. The minimum atomic E-state index is -3.34. The molecule has 5 nitrogen and oxygen atoms in total. The molecule has 6 heteroatoms. The lowest BCUT2D eigenvalue weighted by Crippen LogP contribution is -2.44. The van der Waals surface area contributed by atoms with Crippen molar-refractivity contribution in [1.29, 1.82) is 5.26 Å². The molecule has 2 saturated heterocycles. The molecule has 2 atom stereocenters. The fraction of sp³-hybridized carbons (Fsp3) is 0.533. The van der Waals surface area contributed by atoms with Crippen molar-refractivity contribution < 1.29 is 13.2 Å². The lowest BCUT2D eigenvalue weighted by Gasteiger charge is -2.31. The summed E-state index contributed by atoms with van der Waals surface area (Å²) in [4.78, 5) is 2.41. The first kappa shape index (κ1) is 14.5. The Kier molecular flexibility index (Phi) is 3.98. The van der Waals surface area contributed by atoms with Crippen LogP contribution in [0.1, 0.15) is 18.4 Å². The van der Waals surface area contributed by atoms with Gasteiger partial charge < -0.3 is 4.74 Å². The molecule has 0 amide bonds. The summed E-state index contributed by atoms with van der Waals surface area (Å²) in [5.41, 5.74) is 0.375. The van der Waals surface area contributed by atoms with Crippen LogP contribution in [0, 0.1) is 11.3 Å². The highest BCUT2D eigenvalue weighted by Crippen LogP contribution is 2.26. The number of hydrogen-bond donors (Lipinski definition) is 0. The van der Waals surface area contributed by atoms with Crippen molar-refractivity contribution in [3.8, 4) is 6.07 Å². The van der Waals surface area contributed by atoms with Crippen LogP contribution in [-0.4, -0.2) is 50.9 Å². The summed E-state index contributed by atoms with van der Waals surface area (Å²) in [7, 11) is -3.34. The van der Waals surface area contributed by atoms with Gasteiger partial charge in [-0.25, -0.2) is 8.42 Å². The third-order valence-electron chi connectivity index (χ3n) is 4.12. The zero-order valence-electron chi connectivity index (χ0n) is 11.7. The van der Waals surface area contributed by atoms with Gasteiger partial charge in [0.2, 0.25) is 0 Å². The maximum absolute atomic E-state index is 12.4. The number of benzene rings is 1. The van der Waals surface area contributed by atoms with E-state index < -0.39 is 9.84 Å². The van der Waals surface area contributed by atoms with Crippen molar-refractivity contribution >= 4 is 9.84 Å². The molecule has 2 aliphatic heterocycles. The molecule has 21 heavy (non-hydrogen) atoms. The number of hydrogen-bond acceptors (Lipinski definition) is 5. The van der Waals surface area contributed by atoms with Gasteiger partial charge in [0, 0.05) is 19.6 Å². The SMILES string of the molecule is N#Cc1cccc(S(=O)(=O)CCN2CC3CCC(C2)O3)c1. The number of likely N-dealkylation sites (tertiary alicyclic amines) is 1. The van der Waals surface area contributed by atoms with Crippen molar-refractivity contribution in [2.75, 3.05) is 25.4 Å². The Morgan fingerprint density at radius 1 is 1.29 bits per heavy atom. The molecule has 0 aliphatic carbocycles. The molecule has 2 aliphatic rings. The van der Waals surface area contributed by atoms with E-state index in [1.165, 1.54) is 6.07 Å². The summed E-state index contributed by atoms with van der Waals surface area (Å²) in [6.45, 7) is 2.17. The standard InChI is InChI=1S/C15H18N2O3S/c16-9-12-2-1-3-15(8-12)21(18,19)7-6-17-10-13-4-5-14(11-17)20-13/h1-3,8,13-14H,4-7,10-11H2. The van der Waals surface area contributed by atoms with Crippen LogP contribution >= 0.6 is 0 Å². The molecular formula is C15H18N2O3S. The van der Waals surface area contributed by atoms with E-state index in [4.69, 9.17) is 10.00 Å². The minimum absolute atomic E-state index is 0.0846. The zero-order valence-corrected chi connectivity index (χ0v) is 12.6. The molecule has 2 bridgehead atoms. The Hall–Kier alpha value is -1.42. The van der Waals surface area contributed by atoms with E-state index >= 15 is 0 Å². The molecule has 2 fully saturated rings. The molecule has 0 N–H and O–H groups in total. The number of sulfone groups is 1. The van der Waals surface area contributed by atoms with Crippen molar-refractivity contribution in [3.05, 3.63) is 29.8 Å². The van der Waals surface area contributed by atoms with E-state index in [2.05, 4.69) is 4.90 Å². The Balaban J connectivity index is 1.65. The van der Waals surface area contributed by atoms with Crippen LogP contribution in [0.3, 0.4) is 0 Å². The monoisotopic (exact) mass is 306 g/mol. The summed E-state index contributed by atoms with van der Waals surface area (Å²) in [6.07, 6.45) is 2.71. The van der Waals surface area contributed by atoms with Crippen molar-refractivity contribution in [2.45, 2.75) is 29.9 Å². The summed E-state index contributed by atoms with van der Waals surface area (Å²) >= 11 is 0. The number of ether oxygens (including phenoxy) is 1. The van der Waals surface area contributed by atoms with E-state index in [-0.39, 0.29) is 22.9 Å². The topological polar surface area (TPSA) is 70.4 Å². The van der Waals surface area contributed by atoms with Gasteiger partial charge in [-0.2, -0.15) is 5.26 Å². The van der Waals surface area contributed by atoms with Crippen LogP contribution in [0.15, 0.2) is 29.2 Å². The Morgan fingerprint density at radius 2 is 2.00 bits per heavy atom. The second-order valence-electron chi connectivity index (χ2n) is 5.68. The average molecular weight is 306 g/mol. The fourth-order valence-electron chi connectivity index (χ4n) is 3.01. The summed E-state index contributed by atoms with van der Waals surface area (Å²) in [6, 6.07) is 8.19. The molecule has 0 radical (unpaired) electrons. The first-order valence-corrected chi connectivity index (χ1v) is 8.83. The van der Waals surface area contributed by atoms with Crippen LogP contribution in [0.2, 0.25) is 0 Å². The van der Waals surface area contributed by atoms with E-state index in [0.29, 0.717) is 12.1 Å². The summed E-state index contributed by atoms with van der Waals surface area (Å²) in [5.74, 6) is 0.0846. The minimum Gasteiger partial charge on any atom is -0.372 e. The molecule has 1 aromatic carbocycles. The van der Waals surface area contributed by atoms with E-state index in [0.717, 1.165) is 25.9 Å². The molecule has 0 saturated carbocycles. The maximum atomic E-state index is 12.4. The molecule has 0 spiro atoms. The van der Waals surface area contributed by atoms with Gasteiger partial charge in [0.05, 0.1) is 34.5 Å². The Labute approximate surface area is 125 Å². The lowest BCUT2D eigenvalue weighted by molar-refractivity contribution is -0.0361. The Bertz CT molecular complexity index is 654. The molecular weight excluding hydrogens is 288 g/mol. The van der Waals surface area contributed by atoms with Crippen molar-refractivity contribution in [2.24, 2.45) is 0 Å². The second kappa shape index (κ2) is 5.76. The van der Waals surface area contributed by atoms with Crippen LogP contribution in [0.25, 0.3) is 0 Å². The highest BCUT2D eigenvalue weighted by molar-refractivity contribution is 7.91. The Morgan fingerprint density at radius 3 is 2.67 bits per heavy atom. The van der Waals surface area contributed by atoms with E-state index in [1.54, 1.807) is 18.2 Å². The van der Waals surface area contributed by atoms with E-state index in [9.17, 15) is 8.42 Å². The molecule has 1 aromatic rings. The van der Waals surface area contributed by atoms with Gasteiger partial charge in [-0.15, -0.1) is 0 Å². The normalized spacial score (nSPS) is 25.7. The molecule has 2 unspecified atom stereocenters. The third kappa shape index (κ3) is 3.26. The number of rotatable bonds is 4. The van der Waals surface area contributed by atoms with Crippen LogP contribution in [0.5, 0.6) is 0 Å². The second-order valence-corrected chi connectivity index (χ2v) is 7.78. The van der Waals surface area contributed by atoms with Gasteiger partial charge in [0.25, 0.3) is 0 Å². The summed E-state index contributed by atoms with van der Waals surface area (Å²) < 4.78 is 30.5. The van der Waals surface area contributed by atoms with E-state index in [1.807, 2.05) is 6.07 Å². The average Bonchev–Trinajstić information content (AvgIpc) is 2.84. The zero-order chi connectivity index (χ0) is 14.9. The van der Waals surface area contributed by atoms with Gasteiger partial charge in [0.15, 0.2) is 9.84 Å². The van der Waals surface area contributed by atoms with Crippen LogP contribution in [0.4, 0.5) is 0 Å². The largest absolute Gasteiger partial charge is 0.372 e. The number of nitrogens with zero attached hydrogens (tertiary/aromatic N) is 2. The van der Waals surface area contributed by atoms with Crippen LogP contribution < -0.4 is 0 Å². The highest BCUT2D eigenvalue weighted by atomic mass is 32.2. The van der Waals surface area contributed by atoms with Crippen molar-refractivity contribution in [1.82, 2.24) is 4.90 Å². The smallest absolute Gasteiger partial charge is 0.179 e. The number of nitriles is 1. The lowest BCUT2D eigenvalue weighted by atomic mass is 10.2. The fourth-order valence-corrected chi connectivity index (χ4v) is 4.33. The van der Waals surface area contributed by atoms with Crippen molar-refractivity contribution in [3.63, 3.8) is 0 Å². The number of morpholine rings is 1. The highest BCUT2D eigenvalue weighted by Gasteiger charge is 2.33.